The molecule has 0 saturated carbocycles. The molecule has 0 bridgehead atoms. The molecule has 5 nitrogen and oxygen atoms in total. The second-order valence-electron chi connectivity index (χ2n) is 5.37. The Labute approximate surface area is 117 Å². The molecule has 2 N–H and O–H groups in total. The van der Waals surface area contributed by atoms with Crippen LogP contribution in [0.25, 0.3) is 11.0 Å². The number of rotatable bonds is 4. The highest BCUT2D eigenvalue weighted by Gasteiger charge is 2.11. The van der Waals surface area contributed by atoms with Crippen molar-refractivity contribution in [3.63, 3.8) is 0 Å². The van der Waals surface area contributed by atoms with Crippen molar-refractivity contribution in [1.82, 2.24) is 14.9 Å². The molecule has 1 aliphatic rings. The molecule has 1 aromatic carbocycles. The first-order valence-electron chi connectivity index (χ1n) is 7.17. The van der Waals surface area contributed by atoms with E-state index >= 15 is 0 Å². The molecule has 0 unspecified atom stereocenters. The van der Waals surface area contributed by atoms with Crippen LogP contribution in [-0.4, -0.2) is 45.6 Å². The number of aromatic nitrogens is 2. The van der Waals surface area contributed by atoms with Crippen LogP contribution < -0.4 is 0 Å². The van der Waals surface area contributed by atoms with E-state index < -0.39 is 5.97 Å². The average molecular weight is 273 g/mol. The second-order valence-corrected chi connectivity index (χ2v) is 5.37. The Kier molecular flexibility index (Phi) is 3.69. The Bertz CT molecular complexity index is 615. The fourth-order valence-electron chi connectivity index (χ4n) is 2.76. The number of aromatic amines is 1. The number of nitrogens with zero attached hydrogens (tertiary/aromatic N) is 2. The summed E-state index contributed by atoms with van der Waals surface area (Å²) in [5.41, 5.74) is 1.94. The van der Waals surface area contributed by atoms with Crippen molar-refractivity contribution >= 4 is 17.0 Å². The van der Waals surface area contributed by atoms with E-state index in [0.29, 0.717) is 5.56 Å². The molecule has 1 aromatic heterocycles. The predicted molar refractivity (Wildman–Crippen MR) is 77.0 cm³/mol. The molecule has 0 spiro atoms. The smallest absolute Gasteiger partial charge is 0.335 e. The zero-order chi connectivity index (χ0) is 13.9. The van der Waals surface area contributed by atoms with Gasteiger partial charge in [-0.1, -0.05) is 6.42 Å². The van der Waals surface area contributed by atoms with Crippen molar-refractivity contribution in [3.8, 4) is 0 Å². The van der Waals surface area contributed by atoms with Crippen LogP contribution >= 0.6 is 0 Å². The number of benzene rings is 1. The summed E-state index contributed by atoms with van der Waals surface area (Å²) in [6.45, 7) is 3.39. The van der Waals surface area contributed by atoms with E-state index in [-0.39, 0.29) is 0 Å². The van der Waals surface area contributed by atoms with Crippen LogP contribution in [0.5, 0.6) is 0 Å². The molecule has 0 atom stereocenters. The maximum absolute atomic E-state index is 10.9. The van der Waals surface area contributed by atoms with Gasteiger partial charge in [0.2, 0.25) is 0 Å². The standard InChI is InChI=1S/C15H19N3O2/c19-15(20)11-4-5-12-13(10-11)17-14(16-12)6-9-18-7-2-1-3-8-18/h4-5,10H,1-3,6-9H2,(H,16,17)(H,19,20). The van der Waals surface area contributed by atoms with Gasteiger partial charge in [-0.05, 0) is 44.1 Å². The Morgan fingerprint density at radius 2 is 2.10 bits per heavy atom. The lowest BCUT2D eigenvalue weighted by Gasteiger charge is -2.25. The van der Waals surface area contributed by atoms with Gasteiger partial charge in [-0.3, -0.25) is 0 Å². The lowest BCUT2D eigenvalue weighted by molar-refractivity contribution is 0.0697. The first kappa shape index (κ1) is 13.1. The normalized spacial score (nSPS) is 16.6. The zero-order valence-corrected chi connectivity index (χ0v) is 11.4. The molecule has 0 aliphatic carbocycles. The van der Waals surface area contributed by atoms with E-state index in [1.165, 1.54) is 32.4 Å². The van der Waals surface area contributed by atoms with Gasteiger partial charge >= 0.3 is 5.97 Å². The molecule has 1 saturated heterocycles. The third-order valence-electron chi connectivity index (χ3n) is 3.89. The summed E-state index contributed by atoms with van der Waals surface area (Å²) >= 11 is 0. The summed E-state index contributed by atoms with van der Waals surface area (Å²) in [5, 5.41) is 8.98. The third kappa shape index (κ3) is 2.82. The number of hydrogen-bond acceptors (Lipinski definition) is 3. The number of hydrogen-bond donors (Lipinski definition) is 2. The van der Waals surface area contributed by atoms with Crippen LogP contribution in [0.4, 0.5) is 0 Å². The van der Waals surface area contributed by atoms with Gasteiger partial charge in [0.15, 0.2) is 0 Å². The van der Waals surface area contributed by atoms with Crippen molar-refractivity contribution in [3.05, 3.63) is 29.6 Å². The first-order chi connectivity index (χ1) is 9.72. The average Bonchev–Trinajstić information content (AvgIpc) is 2.88. The number of piperidine rings is 1. The highest BCUT2D eigenvalue weighted by atomic mass is 16.4. The minimum absolute atomic E-state index is 0.295. The van der Waals surface area contributed by atoms with Gasteiger partial charge in [-0.25, -0.2) is 9.78 Å². The van der Waals surface area contributed by atoms with Crippen molar-refractivity contribution in [2.24, 2.45) is 0 Å². The van der Waals surface area contributed by atoms with E-state index in [1.54, 1.807) is 18.2 Å². The molecule has 2 aromatic rings. The van der Waals surface area contributed by atoms with E-state index in [4.69, 9.17) is 5.11 Å². The summed E-state index contributed by atoms with van der Waals surface area (Å²) < 4.78 is 0. The van der Waals surface area contributed by atoms with Gasteiger partial charge in [-0.15, -0.1) is 0 Å². The van der Waals surface area contributed by atoms with E-state index in [9.17, 15) is 4.79 Å². The summed E-state index contributed by atoms with van der Waals surface area (Å²) in [5.74, 6) is 0.0319. The van der Waals surface area contributed by atoms with E-state index in [1.807, 2.05) is 0 Å². The van der Waals surface area contributed by atoms with E-state index in [0.717, 1.165) is 29.8 Å². The number of likely N-dealkylation sites (tertiary alicyclic amines) is 1. The highest BCUT2D eigenvalue weighted by Crippen LogP contribution is 2.15. The number of nitrogens with one attached hydrogen (secondary N) is 1. The highest BCUT2D eigenvalue weighted by molar-refractivity contribution is 5.92. The van der Waals surface area contributed by atoms with Crippen molar-refractivity contribution in [2.75, 3.05) is 19.6 Å². The molecule has 3 rings (SSSR count). The van der Waals surface area contributed by atoms with Gasteiger partial charge in [-0.2, -0.15) is 0 Å². The van der Waals surface area contributed by atoms with Crippen molar-refractivity contribution in [2.45, 2.75) is 25.7 Å². The minimum atomic E-state index is -0.906. The summed E-state index contributed by atoms with van der Waals surface area (Å²) in [6.07, 6.45) is 4.82. The van der Waals surface area contributed by atoms with Crippen LogP contribution in [0.15, 0.2) is 18.2 Å². The molecular weight excluding hydrogens is 254 g/mol. The maximum Gasteiger partial charge on any atom is 0.335 e. The summed E-state index contributed by atoms with van der Waals surface area (Å²) in [4.78, 5) is 21.2. The Morgan fingerprint density at radius 1 is 1.30 bits per heavy atom. The molecule has 1 aliphatic heterocycles. The van der Waals surface area contributed by atoms with E-state index in [2.05, 4.69) is 14.9 Å². The number of imidazole rings is 1. The topological polar surface area (TPSA) is 69.2 Å². The van der Waals surface area contributed by atoms with Crippen molar-refractivity contribution in [1.29, 1.82) is 0 Å². The van der Waals surface area contributed by atoms with Gasteiger partial charge < -0.3 is 15.0 Å². The van der Waals surface area contributed by atoms with Crippen LogP contribution in [-0.2, 0) is 6.42 Å². The summed E-state index contributed by atoms with van der Waals surface area (Å²) in [6, 6.07) is 5.01. The maximum atomic E-state index is 10.9. The molecule has 20 heavy (non-hydrogen) atoms. The molecule has 1 fully saturated rings. The zero-order valence-electron chi connectivity index (χ0n) is 11.4. The quantitative estimate of drug-likeness (QED) is 0.896. The fraction of sp³-hybridized carbons (Fsp3) is 0.467. The van der Waals surface area contributed by atoms with Crippen LogP contribution in [0.1, 0.15) is 35.4 Å². The molecule has 106 valence electrons. The molecule has 5 heteroatoms. The number of carbonyl (C=O) groups is 1. The third-order valence-corrected chi connectivity index (χ3v) is 3.89. The Morgan fingerprint density at radius 3 is 2.85 bits per heavy atom. The van der Waals surface area contributed by atoms with Crippen molar-refractivity contribution < 1.29 is 9.90 Å². The predicted octanol–water partition coefficient (Wildman–Crippen LogP) is 2.29. The number of fused-ring (bicyclic) bond motifs is 1. The molecule has 0 radical (unpaired) electrons. The Balaban J connectivity index is 1.70. The molecular formula is C15H19N3O2. The van der Waals surface area contributed by atoms with Crippen LogP contribution in [0, 0.1) is 0 Å². The number of aromatic carboxylic acids is 1. The lowest BCUT2D eigenvalue weighted by Crippen LogP contribution is -2.31. The van der Waals surface area contributed by atoms with Gasteiger partial charge in [0.1, 0.15) is 5.82 Å². The lowest BCUT2D eigenvalue weighted by atomic mass is 10.1. The summed E-state index contributed by atoms with van der Waals surface area (Å²) in [7, 11) is 0. The number of H-pyrrole nitrogens is 1. The van der Waals surface area contributed by atoms with Crippen LogP contribution in [0.2, 0.25) is 0 Å². The monoisotopic (exact) mass is 273 g/mol. The Hall–Kier alpha value is -1.88. The molecule has 2 heterocycles. The second kappa shape index (κ2) is 5.63. The first-order valence-corrected chi connectivity index (χ1v) is 7.17. The van der Waals surface area contributed by atoms with Gasteiger partial charge in [0, 0.05) is 13.0 Å². The van der Waals surface area contributed by atoms with Gasteiger partial charge in [0.05, 0.1) is 16.6 Å². The largest absolute Gasteiger partial charge is 0.478 e. The SMILES string of the molecule is O=C(O)c1ccc2nc(CCN3CCCCC3)[nH]c2c1. The van der Waals surface area contributed by atoms with Crippen LogP contribution in [0.3, 0.4) is 0 Å². The fourth-order valence-corrected chi connectivity index (χ4v) is 2.76. The number of carboxylic acid groups (broad SMARTS) is 1. The minimum Gasteiger partial charge on any atom is -0.478 e. The molecule has 0 amide bonds. The number of carboxylic acids is 1. The van der Waals surface area contributed by atoms with Gasteiger partial charge in [0.25, 0.3) is 0 Å².